The molecular formula is C14H21NO4. The Morgan fingerprint density at radius 2 is 2.00 bits per heavy atom. The molecule has 0 bridgehead atoms. The summed E-state index contributed by atoms with van der Waals surface area (Å²) >= 11 is 0. The van der Waals surface area contributed by atoms with Crippen molar-refractivity contribution < 1.29 is 19.4 Å². The van der Waals surface area contributed by atoms with Crippen LogP contribution in [0.2, 0.25) is 0 Å². The van der Waals surface area contributed by atoms with Crippen LogP contribution in [0.3, 0.4) is 0 Å². The van der Waals surface area contributed by atoms with E-state index < -0.39 is 0 Å². The zero-order valence-corrected chi connectivity index (χ0v) is 11.7. The van der Waals surface area contributed by atoms with Crippen molar-refractivity contribution in [3.63, 3.8) is 0 Å². The van der Waals surface area contributed by atoms with E-state index in [2.05, 4.69) is 0 Å². The molecule has 1 amide bonds. The Bertz CT molecular complexity index is 416. The van der Waals surface area contributed by atoms with Gasteiger partial charge < -0.3 is 19.5 Å². The number of carbonyl (C=O) groups is 1. The van der Waals surface area contributed by atoms with Crippen molar-refractivity contribution >= 4 is 5.91 Å². The van der Waals surface area contributed by atoms with Gasteiger partial charge in [-0.3, -0.25) is 4.79 Å². The van der Waals surface area contributed by atoms with Crippen molar-refractivity contribution in [2.45, 2.75) is 20.5 Å². The molecule has 106 valence electrons. The first-order valence-electron chi connectivity index (χ1n) is 6.34. The van der Waals surface area contributed by atoms with Crippen molar-refractivity contribution in [2.24, 2.45) is 0 Å². The molecule has 5 heteroatoms. The molecule has 0 aliphatic heterocycles. The van der Waals surface area contributed by atoms with Crippen LogP contribution in [0.5, 0.6) is 11.5 Å². The lowest BCUT2D eigenvalue weighted by atomic mass is 10.2. The molecule has 0 saturated carbocycles. The Labute approximate surface area is 113 Å². The molecule has 0 aliphatic rings. The van der Waals surface area contributed by atoms with Crippen molar-refractivity contribution in [2.75, 3.05) is 26.8 Å². The summed E-state index contributed by atoms with van der Waals surface area (Å²) in [4.78, 5) is 13.5. The maximum Gasteiger partial charge on any atom is 0.260 e. The van der Waals surface area contributed by atoms with Gasteiger partial charge in [-0.1, -0.05) is 0 Å². The number of amides is 1. The normalized spacial score (nSPS) is 10.1. The summed E-state index contributed by atoms with van der Waals surface area (Å²) in [5.41, 5.74) is 0.633. The van der Waals surface area contributed by atoms with E-state index in [4.69, 9.17) is 9.47 Å². The Morgan fingerprint density at radius 1 is 1.32 bits per heavy atom. The standard InChI is InChI=1S/C14H21NO4/c1-4-15(5-2)14(17)10-19-13-8-12(18-3)7-6-11(13)9-16/h6-8,16H,4-5,9-10H2,1-3H3. The van der Waals surface area contributed by atoms with Crippen LogP contribution in [0.1, 0.15) is 19.4 Å². The number of aliphatic hydroxyl groups excluding tert-OH is 1. The van der Waals surface area contributed by atoms with Crippen LogP contribution in [-0.2, 0) is 11.4 Å². The quantitative estimate of drug-likeness (QED) is 0.812. The molecule has 0 spiro atoms. The summed E-state index contributed by atoms with van der Waals surface area (Å²) in [5.74, 6) is 1.03. The highest BCUT2D eigenvalue weighted by Gasteiger charge is 2.12. The Balaban J connectivity index is 2.73. The number of hydrogen-bond donors (Lipinski definition) is 1. The van der Waals surface area contributed by atoms with Crippen molar-refractivity contribution in [1.29, 1.82) is 0 Å². The Kier molecular flexibility index (Phi) is 6.15. The van der Waals surface area contributed by atoms with Crippen LogP contribution in [0.4, 0.5) is 0 Å². The van der Waals surface area contributed by atoms with E-state index in [0.717, 1.165) is 0 Å². The minimum Gasteiger partial charge on any atom is -0.497 e. The van der Waals surface area contributed by atoms with E-state index in [0.29, 0.717) is 30.2 Å². The van der Waals surface area contributed by atoms with Crippen LogP contribution in [0, 0.1) is 0 Å². The monoisotopic (exact) mass is 267 g/mol. The molecule has 0 atom stereocenters. The lowest BCUT2D eigenvalue weighted by molar-refractivity contribution is -0.133. The zero-order chi connectivity index (χ0) is 14.3. The molecule has 0 saturated heterocycles. The Hall–Kier alpha value is -1.75. The molecule has 0 aliphatic carbocycles. The second-order valence-corrected chi connectivity index (χ2v) is 3.99. The Morgan fingerprint density at radius 3 is 2.53 bits per heavy atom. The number of likely N-dealkylation sites (N-methyl/N-ethyl adjacent to an activating group) is 1. The lowest BCUT2D eigenvalue weighted by Crippen LogP contribution is -2.34. The number of benzene rings is 1. The molecule has 1 rings (SSSR count). The summed E-state index contributed by atoms with van der Waals surface area (Å²) < 4.78 is 10.6. The molecule has 0 fully saturated rings. The topological polar surface area (TPSA) is 59.0 Å². The number of methoxy groups -OCH3 is 1. The number of ether oxygens (including phenoxy) is 2. The van der Waals surface area contributed by atoms with Crippen LogP contribution in [0.15, 0.2) is 18.2 Å². The van der Waals surface area contributed by atoms with Gasteiger partial charge in [0.1, 0.15) is 11.5 Å². The largest absolute Gasteiger partial charge is 0.497 e. The van der Waals surface area contributed by atoms with Crippen LogP contribution >= 0.6 is 0 Å². The van der Waals surface area contributed by atoms with Gasteiger partial charge >= 0.3 is 0 Å². The van der Waals surface area contributed by atoms with Crippen molar-refractivity contribution in [1.82, 2.24) is 4.90 Å². The summed E-state index contributed by atoms with van der Waals surface area (Å²) in [6.07, 6.45) is 0. The second-order valence-electron chi connectivity index (χ2n) is 3.99. The predicted octanol–water partition coefficient (Wildman–Crippen LogP) is 1.43. The van der Waals surface area contributed by atoms with Gasteiger partial charge in [0.2, 0.25) is 0 Å². The molecule has 1 aromatic carbocycles. The van der Waals surface area contributed by atoms with Gasteiger partial charge in [-0.25, -0.2) is 0 Å². The number of rotatable bonds is 7. The molecule has 0 aromatic heterocycles. The highest BCUT2D eigenvalue weighted by molar-refractivity contribution is 5.77. The summed E-state index contributed by atoms with van der Waals surface area (Å²) in [6, 6.07) is 5.13. The summed E-state index contributed by atoms with van der Waals surface area (Å²) in [7, 11) is 1.55. The van der Waals surface area contributed by atoms with Crippen molar-refractivity contribution in [3.8, 4) is 11.5 Å². The van der Waals surface area contributed by atoms with E-state index in [1.807, 2.05) is 13.8 Å². The number of carbonyl (C=O) groups excluding carboxylic acids is 1. The first-order chi connectivity index (χ1) is 9.15. The minimum absolute atomic E-state index is 0.0398. The van der Waals surface area contributed by atoms with Crippen LogP contribution in [0.25, 0.3) is 0 Å². The highest BCUT2D eigenvalue weighted by Crippen LogP contribution is 2.24. The average molecular weight is 267 g/mol. The minimum atomic E-state index is -0.140. The second kappa shape index (κ2) is 7.63. The molecule has 0 heterocycles. The molecular weight excluding hydrogens is 246 g/mol. The average Bonchev–Trinajstić information content (AvgIpc) is 2.45. The fourth-order valence-corrected chi connectivity index (χ4v) is 1.73. The van der Waals surface area contributed by atoms with Crippen LogP contribution in [-0.4, -0.2) is 42.7 Å². The summed E-state index contributed by atoms with van der Waals surface area (Å²) in [6.45, 7) is 4.98. The smallest absolute Gasteiger partial charge is 0.260 e. The maximum atomic E-state index is 11.8. The fraction of sp³-hybridized carbons (Fsp3) is 0.500. The molecule has 5 nitrogen and oxygen atoms in total. The first kappa shape index (κ1) is 15.3. The lowest BCUT2D eigenvalue weighted by Gasteiger charge is -2.19. The fourth-order valence-electron chi connectivity index (χ4n) is 1.73. The van der Waals surface area contributed by atoms with Gasteiger partial charge in [0.25, 0.3) is 5.91 Å². The van der Waals surface area contributed by atoms with Gasteiger partial charge in [0, 0.05) is 24.7 Å². The van der Waals surface area contributed by atoms with Crippen molar-refractivity contribution in [3.05, 3.63) is 23.8 Å². The van der Waals surface area contributed by atoms with E-state index in [9.17, 15) is 9.90 Å². The molecule has 0 radical (unpaired) electrons. The maximum absolute atomic E-state index is 11.8. The van der Waals surface area contributed by atoms with Gasteiger partial charge in [-0.15, -0.1) is 0 Å². The number of hydrogen-bond acceptors (Lipinski definition) is 4. The molecule has 0 unspecified atom stereocenters. The van der Waals surface area contributed by atoms with E-state index in [1.54, 1.807) is 30.2 Å². The SMILES string of the molecule is CCN(CC)C(=O)COc1cc(OC)ccc1CO. The third kappa shape index (κ3) is 4.13. The molecule has 1 aromatic rings. The highest BCUT2D eigenvalue weighted by atomic mass is 16.5. The van der Waals surface area contributed by atoms with Gasteiger partial charge in [-0.05, 0) is 26.0 Å². The van der Waals surface area contributed by atoms with Crippen LogP contribution < -0.4 is 9.47 Å². The van der Waals surface area contributed by atoms with E-state index in [-0.39, 0.29) is 19.1 Å². The van der Waals surface area contributed by atoms with Gasteiger partial charge in [0.15, 0.2) is 6.61 Å². The van der Waals surface area contributed by atoms with E-state index in [1.165, 1.54) is 0 Å². The predicted molar refractivity (Wildman–Crippen MR) is 72.3 cm³/mol. The third-order valence-corrected chi connectivity index (χ3v) is 2.91. The summed E-state index contributed by atoms with van der Waals surface area (Å²) in [5, 5.41) is 9.23. The zero-order valence-electron chi connectivity index (χ0n) is 11.7. The third-order valence-electron chi connectivity index (χ3n) is 2.91. The van der Waals surface area contributed by atoms with Gasteiger partial charge in [0.05, 0.1) is 13.7 Å². The first-order valence-corrected chi connectivity index (χ1v) is 6.34. The molecule has 19 heavy (non-hydrogen) atoms. The van der Waals surface area contributed by atoms with E-state index >= 15 is 0 Å². The molecule has 1 N–H and O–H groups in total. The number of aliphatic hydroxyl groups is 1. The van der Waals surface area contributed by atoms with Gasteiger partial charge in [-0.2, -0.15) is 0 Å². The number of nitrogens with zero attached hydrogens (tertiary/aromatic N) is 1.